The molecular formula is C17H19F3N2O. The Bertz CT molecular complexity index is 692. The van der Waals surface area contributed by atoms with Gasteiger partial charge in [0, 0.05) is 23.1 Å². The predicted octanol–water partition coefficient (Wildman–Crippen LogP) is 3.95. The van der Waals surface area contributed by atoms with E-state index in [1.54, 1.807) is 6.20 Å². The molecule has 0 aliphatic heterocycles. The monoisotopic (exact) mass is 324 g/mol. The molecule has 6 heteroatoms. The summed E-state index contributed by atoms with van der Waals surface area (Å²) in [4.78, 5) is 15.3. The normalized spacial score (nSPS) is 22.2. The maximum atomic E-state index is 13.1. The van der Waals surface area contributed by atoms with Crippen molar-refractivity contribution in [3.05, 3.63) is 36.0 Å². The standard InChI is InChI=1S/C17H19F3N2O/c18-17(19,20)13-6-2-4-8-15(13)22-16(23)9-11-10-21-14-7-3-1-5-12(11)14/h1,3,5,7,10,13,15,21H,2,4,6,8-9H2,(H,22,23)/t13-,15-/m0/s1. The summed E-state index contributed by atoms with van der Waals surface area (Å²) in [6.07, 6.45) is -0.633. The molecule has 0 spiro atoms. The Morgan fingerprint density at radius 3 is 2.74 bits per heavy atom. The molecule has 2 aromatic rings. The van der Waals surface area contributed by atoms with Gasteiger partial charge in [0.15, 0.2) is 0 Å². The molecule has 1 aliphatic rings. The molecule has 3 rings (SSSR count). The molecule has 0 saturated heterocycles. The van der Waals surface area contributed by atoms with Gasteiger partial charge in [-0.3, -0.25) is 4.79 Å². The molecule has 1 amide bonds. The molecule has 1 heterocycles. The number of aromatic amines is 1. The van der Waals surface area contributed by atoms with Gasteiger partial charge in [0.2, 0.25) is 5.91 Å². The van der Waals surface area contributed by atoms with Gasteiger partial charge in [-0.25, -0.2) is 0 Å². The van der Waals surface area contributed by atoms with Crippen molar-refractivity contribution in [1.29, 1.82) is 0 Å². The van der Waals surface area contributed by atoms with Crippen LogP contribution in [0.3, 0.4) is 0 Å². The number of aromatic nitrogens is 1. The van der Waals surface area contributed by atoms with E-state index in [9.17, 15) is 18.0 Å². The largest absolute Gasteiger partial charge is 0.393 e. The van der Waals surface area contributed by atoms with Crippen molar-refractivity contribution in [1.82, 2.24) is 10.3 Å². The smallest absolute Gasteiger partial charge is 0.361 e. The third-order valence-electron chi connectivity index (χ3n) is 4.56. The van der Waals surface area contributed by atoms with E-state index in [1.165, 1.54) is 0 Å². The lowest BCUT2D eigenvalue weighted by Gasteiger charge is -2.33. The van der Waals surface area contributed by atoms with Crippen LogP contribution in [0.1, 0.15) is 31.2 Å². The highest BCUT2D eigenvalue weighted by Gasteiger charge is 2.45. The van der Waals surface area contributed by atoms with Crippen molar-refractivity contribution >= 4 is 16.8 Å². The number of hydrogen-bond acceptors (Lipinski definition) is 1. The molecule has 0 radical (unpaired) electrons. The van der Waals surface area contributed by atoms with Crippen LogP contribution in [0.25, 0.3) is 10.9 Å². The Labute approximate surface area is 132 Å². The fraction of sp³-hybridized carbons (Fsp3) is 0.471. The van der Waals surface area contributed by atoms with Crippen molar-refractivity contribution in [3.8, 4) is 0 Å². The third-order valence-corrected chi connectivity index (χ3v) is 4.56. The molecule has 23 heavy (non-hydrogen) atoms. The molecule has 2 N–H and O–H groups in total. The molecule has 1 aliphatic carbocycles. The number of H-pyrrole nitrogens is 1. The van der Waals surface area contributed by atoms with E-state index in [0.717, 1.165) is 22.9 Å². The number of benzene rings is 1. The lowest BCUT2D eigenvalue weighted by molar-refractivity contribution is -0.189. The minimum atomic E-state index is -4.25. The van der Waals surface area contributed by atoms with Gasteiger partial charge >= 0.3 is 6.18 Å². The lowest BCUT2D eigenvalue weighted by atomic mass is 9.84. The minimum Gasteiger partial charge on any atom is -0.361 e. The molecular weight excluding hydrogens is 305 g/mol. The average molecular weight is 324 g/mol. The second-order valence-electron chi connectivity index (χ2n) is 6.14. The van der Waals surface area contributed by atoms with Crippen LogP contribution in [0.15, 0.2) is 30.5 Å². The van der Waals surface area contributed by atoms with Crippen LogP contribution in [-0.2, 0) is 11.2 Å². The van der Waals surface area contributed by atoms with Crippen molar-refractivity contribution in [2.45, 2.75) is 44.3 Å². The van der Waals surface area contributed by atoms with Gasteiger partial charge in [0.05, 0.1) is 12.3 Å². The molecule has 0 unspecified atom stereocenters. The summed E-state index contributed by atoms with van der Waals surface area (Å²) in [5.74, 6) is -1.78. The van der Waals surface area contributed by atoms with E-state index in [4.69, 9.17) is 0 Å². The van der Waals surface area contributed by atoms with Crippen molar-refractivity contribution < 1.29 is 18.0 Å². The zero-order valence-electron chi connectivity index (χ0n) is 12.6. The second-order valence-corrected chi connectivity index (χ2v) is 6.14. The van der Waals surface area contributed by atoms with Gasteiger partial charge in [0.25, 0.3) is 0 Å². The van der Waals surface area contributed by atoms with Crippen molar-refractivity contribution in [3.63, 3.8) is 0 Å². The quantitative estimate of drug-likeness (QED) is 0.882. The van der Waals surface area contributed by atoms with E-state index >= 15 is 0 Å². The van der Waals surface area contributed by atoms with Crippen LogP contribution in [0.5, 0.6) is 0 Å². The van der Waals surface area contributed by atoms with E-state index in [0.29, 0.717) is 12.8 Å². The first-order valence-electron chi connectivity index (χ1n) is 7.86. The summed E-state index contributed by atoms with van der Waals surface area (Å²) in [7, 11) is 0. The Kier molecular flexibility index (Phi) is 4.33. The Morgan fingerprint density at radius 2 is 1.96 bits per heavy atom. The maximum absolute atomic E-state index is 13.1. The summed E-state index contributed by atoms with van der Waals surface area (Å²) in [5, 5.41) is 3.53. The summed E-state index contributed by atoms with van der Waals surface area (Å²) in [5.41, 5.74) is 1.72. The average Bonchev–Trinajstić information content (AvgIpc) is 2.90. The third kappa shape index (κ3) is 3.51. The first-order chi connectivity index (χ1) is 10.9. The Hall–Kier alpha value is -1.98. The highest BCUT2D eigenvalue weighted by molar-refractivity contribution is 5.88. The number of halogens is 3. The number of rotatable bonds is 3. The number of carbonyl (C=O) groups is 1. The molecule has 124 valence electrons. The molecule has 2 atom stereocenters. The number of nitrogens with one attached hydrogen (secondary N) is 2. The molecule has 0 bridgehead atoms. The van der Waals surface area contributed by atoms with Crippen LogP contribution >= 0.6 is 0 Å². The maximum Gasteiger partial charge on any atom is 0.393 e. The number of para-hydroxylation sites is 1. The minimum absolute atomic E-state index is 0.0884. The van der Waals surface area contributed by atoms with Crippen LogP contribution in [-0.4, -0.2) is 23.1 Å². The number of alkyl halides is 3. The first-order valence-corrected chi connectivity index (χ1v) is 7.86. The number of amides is 1. The Morgan fingerprint density at radius 1 is 1.22 bits per heavy atom. The summed E-state index contributed by atoms with van der Waals surface area (Å²) < 4.78 is 39.2. The van der Waals surface area contributed by atoms with E-state index in [-0.39, 0.29) is 18.7 Å². The van der Waals surface area contributed by atoms with Gasteiger partial charge in [-0.05, 0) is 24.5 Å². The highest BCUT2D eigenvalue weighted by Crippen LogP contribution is 2.37. The zero-order valence-corrected chi connectivity index (χ0v) is 12.6. The molecule has 1 saturated carbocycles. The molecule has 3 nitrogen and oxygen atoms in total. The van der Waals surface area contributed by atoms with Gasteiger partial charge in [-0.1, -0.05) is 31.0 Å². The van der Waals surface area contributed by atoms with Crippen LogP contribution in [0.4, 0.5) is 13.2 Å². The number of hydrogen-bond donors (Lipinski definition) is 2. The fourth-order valence-corrected chi connectivity index (χ4v) is 3.40. The SMILES string of the molecule is O=C(Cc1c[nH]c2ccccc12)N[C@H]1CCCC[C@@H]1C(F)(F)F. The van der Waals surface area contributed by atoms with Gasteiger partial charge in [0.1, 0.15) is 0 Å². The summed E-state index contributed by atoms with van der Waals surface area (Å²) in [6.45, 7) is 0. The highest BCUT2D eigenvalue weighted by atomic mass is 19.4. The topological polar surface area (TPSA) is 44.9 Å². The summed E-state index contributed by atoms with van der Waals surface area (Å²) in [6, 6.07) is 6.75. The predicted molar refractivity (Wildman–Crippen MR) is 81.9 cm³/mol. The fourth-order valence-electron chi connectivity index (χ4n) is 3.40. The van der Waals surface area contributed by atoms with Crippen LogP contribution < -0.4 is 5.32 Å². The van der Waals surface area contributed by atoms with E-state index in [1.807, 2.05) is 24.3 Å². The van der Waals surface area contributed by atoms with Gasteiger partial charge in [-0.15, -0.1) is 0 Å². The van der Waals surface area contributed by atoms with Crippen LogP contribution in [0, 0.1) is 5.92 Å². The lowest BCUT2D eigenvalue weighted by Crippen LogP contribution is -2.48. The number of carbonyl (C=O) groups excluding carboxylic acids is 1. The Balaban J connectivity index is 1.69. The zero-order chi connectivity index (χ0) is 16.4. The van der Waals surface area contributed by atoms with Gasteiger partial charge in [-0.2, -0.15) is 13.2 Å². The van der Waals surface area contributed by atoms with E-state index in [2.05, 4.69) is 10.3 Å². The molecule has 1 aromatic heterocycles. The number of fused-ring (bicyclic) bond motifs is 1. The van der Waals surface area contributed by atoms with Crippen molar-refractivity contribution in [2.75, 3.05) is 0 Å². The molecule has 1 aromatic carbocycles. The molecule has 1 fully saturated rings. The van der Waals surface area contributed by atoms with Gasteiger partial charge < -0.3 is 10.3 Å². The first kappa shape index (κ1) is 15.9. The second kappa shape index (κ2) is 6.26. The van der Waals surface area contributed by atoms with Crippen LogP contribution in [0.2, 0.25) is 0 Å². The summed E-state index contributed by atoms with van der Waals surface area (Å²) >= 11 is 0. The van der Waals surface area contributed by atoms with Crippen molar-refractivity contribution in [2.24, 2.45) is 5.92 Å². The van der Waals surface area contributed by atoms with E-state index < -0.39 is 18.1 Å².